The lowest BCUT2D eigenvalue weighted by Crippen LogP contribution is -2.41. The number of hydrogen-bond donors (Lipinski definition) is 0. The maximum atomic E-state index is 13.4. The number of nitrogens with zero attached hydrogens (tertiary/aromatic N) is 4. The molecule has 2 saturated heterocycles. The maximum absolute atomic E-state index is 13.4. The third-order valence-corrected chi connectivity index (χ3v) is 7.25. The lowest BCUT2D eigenvalue weighted by Gasteiger charge is -2.32. The van der Waals surface area contributed by atoms with E-state index in [2.05, 4.69) is 10.1 Å². The van der Waals surface area contributed by atoms with E-state index in [1.165, 1.54) is 12.1 Å². The van der Waals surface area contributed by atoms with Gasteiger partial charge in [0.2, 0.25) is 0 Å². The highest BCUT2D eigenvalue weighted by molar-refractivity contribution is 6.44. The van der Waals surface area contributed by atoms with Crippen LogP contribution in [0.5, 0.6) is 0 Å². The van der Waals surface area contributed by atoms with Gasteiger partial charge in [-0.15, -0.1) is 0 Å². The van der Waals surface area contributed by atoms with Crippen molar-refractivity contribution in [1.29, 1.82) is 0 Å². The van der Waals surface area contributed by atoms with Gasteiger partial charge in [0.1, 0.15) is 5.82 Å². The van der Waals surface area contributed by atoms with Crippen LogP contribution in [0.4, 0.5) is 14.9 Å². The van der Waals surface area contributed by atoms with Crippen LogP contribution in [0.1, 0.15) is 24.5 Å². The Morgan fingerprint density at radius 1 is 1.06 bits per heavy atom. The van der Waals surface area contributed by atoms with Gasteiger partial charge in [-0.25, -0.2) is 9.18 Å². The zero-order chi connectivity index (χ0) is 22.2. The van der Waals surface area contributed by atoms with Gasteiger partial charge >= 0.3 is 6.03 Å². The summed E-state index contributed by atoms with van der Waals surface area (Å²) in [7, 11) is 0. The summed E-state index contributed by atoms with van der Waals surface area (Å²) in [5.41, 5.74) is 2.08. The lowest BCUT2D eigenvalue weighted by atomic mass is 9.91. The number of amides is 2. The summed E-state index contributed by atoms with van der Waals surface area (Å²) in [5, 5.41) is 5.97. The van der Waals surface area contributed by atoms with Crippen molar-refractivity contribution in [3.63, 3.8) is 0 Å². The molecule has 0 radical (unpaired) electrons. The van der Waals surface area contributed by atoms with Gasteiger partial charge in [-0.1, -0.05) is 34.4 Å². The smallest absolute Gasteiger partial charge is 0.324 e. The van der Waals surface area contributed by atoms with E-state index in [9.17, 15) is 9.18 Å². The fourth-order valence-corrected chi connectivity index (χ4v) is 5.03. The first kappa shape index (κ1) is 21.5. The van der Waals surface area contributed by atoms with Crippen LogP contribution in [0.3, 0.4) is 0 Å². The first-order valence-electron chi connectivity index (χ1n) is 10.8. The number of carbonyl (C=O) groups is 1. The van der Waals surface area contributed by atoms with Crippen molar-refractivity contribution < 1.29 is 13.7 Å². The number of likely N-dealkylation sites (tertiary alicyclic amines) is 1. The van der Waals surface area contributed by atoms with Crippen molar-refractivity contribution in [1.82, 2.24) is 15.0 Å². The normalized spacial score (nSPS) is 18.3. The van der Waals surface area contributed by atoms with Crippen LogP contribution >= 0.6 is 23.2 Å². The average molecular weight is 477 g/mol. The van der Waals surface area contributed by atoms with Gasteiger partial charge in [0.05, 0.1) is 21.4 Å². The number of anilines is 1. The zero-order valence-electron chi connectivity index (χ0n) is 17.4. The Morgan fingerprint density at radius 2 is 1.88 bits per heavy atom. The second-order valence-electron chi connectivity index (χ2n) is 8.32. The van der Waals surface area contributed by atoms with E-state index >= 15 is 0 Å². The summed E-state index contributed by atoms with van der Waals surface area (Å²) in [4.78, 5) is 18.8. The number of fused-ring (bicyclic) bond motifs is 1. The number of hydrogen-bond acceptors (Lipinski definition) is 4. The van der Waals surface area contributed by atoms with E-state index in [1.807, 2.05) is 11.0 Å². The SMILES string of the molecule is O=C1N(CCN2CCC(c3noc4cc(F)ccc34)CC2)CCN1c1cccc(Cl)c1Cl. The van der Waals surface area contributed by atoms with Gasteiger partial charge in [0.25, 0.3) is 0 Å². The minimum absolute atomic E-state index is 0.0367. The molecule has 1 aromatic heterocycles. The van der Waals surface area contributed by atoms with E-state index in [-0.39, 0.29) is 11.8 Å². The maximum Gasteiger partial charge on any atom is 0.324 e. The fraction of sp³-hybridized carbons (Fsp3) is 0.391. The summed E-state index contributed by atoms with van der Waals surface area (Å²) >= 11 is 12.4. The minimum atomic E-state index is -0.317. The molecule has 6 nitrogen and oxygen atoms in total. The van der Waals surface area contributed by atoms with Crippen LogP contribution in [-0.2, 0) is 0 Å². The summed E-state index contributed by atoms with van der Waals surface area (Å²) in [6.45, 7) is 4.60. The van der Waals surface area contributed by atoms with E-state index < -0.39 is 0 Å². The Balaban J connectivity index is 1.15. The van der Waals surface area contributed by atoms with Gasteiger partial charge in [-0.3, -0.25) is 4.90 Å². The number of carbonyl (C=O) groups excluding carboxylic acids is 1. The second kappa shape index (κ2) is 8.89. The monoisotopic (exact) mass is 476 g/mol. The number of rotatable bonds is 5. The molecule has 5 rings (SSSR count). The number of halogens is 3. The highest BCUT2D eigenvalue weighted by atomic mass is 35.5. The molecule has 0 aliphatic carbocycles. The van der Waals surface area contributed by atoms with Gasteiger partial charge in [0.15, 0.2) is 5.58 Å². The van der Waals surface area contributed by atoms with Crippen LogP contribution in [0.2, 0.25) is 10.0 Å². The van der Waals surface area contributed by atoms with Crippen molar-refractivity contribution in [2.45, 2.75) is 18.8 Å². The third kappa shape index (κ3) is 4.05. The van der Waals surface area contributed by atoms with E-state index in [1.54, 1.807) is 23.1 Å². The molecule has 9 heteroatoms. The molecule has 0 saturated carbocycles. The van der Waals surface area contributed by atoms with Gasteiger partial charge in [0, 0.05) is 43.5 Å². The topological polar surface area (TPSA) is 52.8 Å². The highest BCUT2D eigenvalue weighted by Gasteiger charge is 2.32. The summed E-state index contributed by atoms with van der Waals surface area (Å²) in [5.74, 6) is -0.0190. The lowest BCUT2D eigenvalue weighted by molar-refractivity contribution is 0.180. The Morgan fingerprint density at radius 3 is 2.69 bits per heavy atom. The van der Waals surface area contributed by atoms with Crippen molar-refractivity contribution in [2.24, 2.45) is 0 Å². The van der Waals surface area contributed by atoms with E-state index in [0.717, 1.165) is 43.6 Å². The van der Waals surface area contributed by atoms with Gasteiger partial charge in [-0.05, 0) is 50.2 Å². The van der Waals surface area contributed by atoms with Crippen LogP contribution in [-0.4, -0.2) is 60.3 Å². The molecule has 0 N–H and O–H groups in total. The Bertz CT molecular complexity index is 1150. The molecular weight excluding hydrogens is 454 g/mol. The van der Waals surface area contributed by atoms with Crippen molar-refractivity contribution in [3.05, 3.63) is 58.0 Å². The predicted octanol–water partition coefficient (Wildman–Crippen LogP) is 5.40. The number of benzene rings is 2. The quantitative estimate of drug-likeness (QED) is 0.494. The van der Waals surface area contributed by atoms with Crippen LogP contribution in [0.25, 0.3) is 11.0 Å². The number of piperidine rings is 1. The van der Waals surface area contributed by atoms with E-state index in [0.29, 0.717) is 46.9 Å². The Labute approximate surface area is 195 Å². The molecule has 2 amide bonds. The minimum Gasteiger partial charge on any atom is -0.356 e. The second-order valence-corrected chi connectivity index (χ2v) is 9.10. The van der Waals surface area contributed by atoms with Gasteiger partial charge < -0.3 is 14.3 Å². The molecule has 0 spiro atoms. The molecule has 3 heterocycles. The zero-order valence-corrected chi connectivity index (χ0v) is 18.9. The van der Waals surface area contributed by atoms with Crippen LogP contribution < -0.4 is 4.90 Å². The first-order chi connectivity index (χ1) is 15.5. The molecule has 2 aromatic carbocycles. The fourth-order valence-electron chi connectivity index (χ4n) is 4.63. The molecule has 2 fully saturated rings. The average Bonchev–Trinajstić information content (AvgIpc) is 3.37. The highest BCUT2D eigenvalue weighted by Crippen LogP contribution is 2.35. The van der Waals surface area contributed by atoms with Crippen molar-refractivity contribution in [3.8, 4) is 0 Å². The van der Waals surface area contributed by atoms with Crippen LogP contribution in [0, 0.1) is 5.82 Å². The van der Waals surface area contributed by atoms with Gasteiger partial charge in [-0.2, -0.15) is 0 Å². The van der Waals surface area contributed by atoms with E-state index in [4.69, 9.17) is 27.7 Å². The molecule has 0 atom stereocenters. The molecule has 168 valence electrons. The standard InChI is InChI=1S/C23H23Cl2FN4O2/c24-18-2-1-3-19(21(18)25)30-13-12-29(23(30)31)11-10-28-8-6-15(7-9-28)22-17-5-4-16(26)14-20(17)32-27-22/h1-5,14-15H,6-13H2. The third-order valence-electron chi connectivity index (χ3n) is 6.44. The first-order valence-corrected chi connectivity index (χ1v) is 11.5. The van der Waals surface area contributed by atoms with Crippen molar-refractivity contribution >= 4 is 45.9 Å². The largest absolute Gasteiger partial charge is 0.356 e. The number of urea groups is 1. The molecular formula is C23H23Cl2FN4O2. The molecule has 2 aliphatic rings. The number of aromatic nitrogens is 1. The Kier molecular flexibility index (Phi) is 5.97. The molecule has 0 bridgehead atoms. The Hall–Kier alpha value is -2.35. The molecule has 3 aromatic rings. The van der Waals surface area contributed by atoms with Crippen LogP contribution in [0.15, 0.2) is 40.9 Å². The summed E-state index contributed by atoms with van der Waals surface area (Å²) in [6, 6.07) is 9.89. The molecule has 32 heavy (non-hydrogen) atoms. The summed E-state index contributed by atoms with van der Waals surface area (Å²) in [6.07, 6.45) is 1.91. The van der Waals surface area contributed by atoms with Crippen molar-refractivity contribution in [2.75, 3.05) is 44.2 Å². The molecule has 0 unspecified atom stereocenters. The summed E-state index contributed by atoms with van der Waals surface area (Å²) < 4.78 is 18.7. The predicted molar refractivity (Wildman–Crippen MR) is 123 cm³/mol. The molecule has 2 aliphatic heterocycles.